The van der Waals surface area contributed by atoms with Crippen molar-refractivity contribution in [2.24, 2.45) is 0 Å². The molecule has 30 heavy (non-hydrogen) atoms. The van der Waals surface area contributed by atoms with Crippen molar-refractivity contribution in [3.8, 4) is 11.4 Å². The molecular formula is C16H26B6N8. The van der Waals surface area contributed by atoms with Crippen molar-refractivity contribution < 1.29 is 0 Å². The number of hydrogen-bond acceptors (Lipinski definition) is 7. The minimum absolute atomic E-state index is 0.0819. The van der Waals surface area contributed by atoms with Crippen molar-refractivity contribution in [2.45, 2.75) is 20.5 Å². The van der Waals surface area contributed by atoms with Crippen LogP contribution in [0.1, 0.15) is 0 Å². The van der Waals surface area contributed by atoms with E-state index in [1.165, 1.54) is 17.1 Å². The van der Waals surface area contributed by atoms with E-state index in [0.29, 0.717) is 13.7 Å². The van der Waals surface area contributed by atoms with Crippen molar-refractivity contribution in [3.05, 3.63) is 30.5 Å². The summed E-state index contributed by atoms with van der Waals surface area (Å²) in [7, 11) is 9.30. The molecule has 0 aliphatic carbocycles. The summed E-state index contributed by atoms with van der Waals surface area (Å²) in [5.41, 5.74) is 2.48. The standard InChI is InChI=1S/C16H26B6N8/c1-17-20-25(5)18(2)26(6)21-27(7)19(3)29-14-11-9-8-10-13(14)16-23-12-15(24(17)4)28(16)22(29)30(20)21/h8-12H,1-7H3. The molecular weight excluding hydrogens is 369 g/mol. The molecule has 14 heteroatoms. The van der Waals surface area contributed by atoms with Crippen molar-refractivity contribution in [1.29, 1.82) is 0 Å². The molecule has 4 aliphatic rings. The molecule has 1 aromatic carbocycles. The molecule has 2 fully saturated rings. The van der Waals surface area contributed by atoms with Crippen molar-refractivity contribution in [1.82, 2.24) is 28.3 Å². The summed E-state index contributed by atoms with van der Waals surface area (Å²) in [6.45, 7) is 8.18. The van der Waals surface area contributed by atoms with Crippen LogP contribution in [0.4, 0.5) is 11.5 Å². The fourth-order valence-electron chi connectivity index (χ4n) is 6.25. The Morgan fingerprint density at radius 1 is 0.833 bits per heavy atom. The second-order valence-electron chi connectivity index (χ2n) is 9.40. The first-order valence-electron chi connectivity index (χ1n) is 11.0. The van der Waals surface area contributed by atoms with Gasteiger partial charge in [0.25, 0.3) is 20.6 Å². The van der Waals surface area contributed by atoms with E-state index in [1.54, 1.807) is 0 Å². The van der Waals surface area contributed by atoms with E-state index in [2.05, 4.69) is 112 Å². The van der Waals surface area contributed by atoms with Gasteiger partial charge in [-0.05, 0) is 40.3 Å². The fraction of sp³-hybridized carbons (Fsp3) is 0.438. The van der Waals surface area contributed by atoms with Crippen LogP contribution < -0.4 is 9.53 Å². The van der Waals surface area contributed by atoms with Gasteiger partial charge in [-0.1, -0.05) is 32.6 Å². The van der Waals surface area contributed by atoms with Gasteiger partial charge in [-0.3, -0.25) is 0 Å². The predicted molar refractivity (Wildman–Crippen MR) is 131 cm³/mol. The van der Waals surface area contributed by atoms with Crippen LogP contribution in [-0.4, -0.2) is 98.3 Å². The maximum Gasteiger partial charge on any atom is 0.445 e. The number of imidazole rings is 1. The Morgan fingerprint density at radius 3 is 2.30 bits per heavy atom. The zero-order valence-corrected chi connectivity index (χ0v) is 18.9. The van der Waals surface area contributed by atoms with Gasteiger partial charge in [0.2, 0.25) is 0 Å². The monoisotopic (exact) mass is 396 g/mol. The Kier molecular flexibility index (Phi) is 3.90. The van der Waals surface area contributed by atoms with Crippen molar-refractivity contribution >= 4 is 53.3 Å². The van der Waals surface area contributed by atoms with Gasteiger partial charge in [0.05, 0.1) is 6.20 Å². The molecule has 2 aromatic rings. The molecule has 6 rings (SSSR count). The Balaban J connectivity index is 1.68. The lowest BCUT2D eigenvalue weighted by Gasteiger charge is -2.62. The number of benzene rings is 1. The van der Waals surface area contributed by atoms with Crippen molar-refractivity contribution in [2.75, 3.05) is 37.7 Å². The lowest BCUT2D eigenvalue weighted by atomic mass is 9.18. The Morgan fingerprint density at radius 2 is 1.53 bits per heavy atom. The second kappa shape index (κ2) is 6.16. The summed E-state index contributed by atoms with van der Waals surface area (Å²) in [6.07, 6.45) is 2.07. The van der Waals surface area contributed by atoms with Crippen LogP contribution in [0.5, 0.6) is 0 Å². The summed E-state index contributed by atoms with van der Waals surface area (Å²) >= 11 is 0. The van der Waals surface area contributed by atoms with Crippen LogP contribution in [0, 0.1) is 0 Å². The lowest BCUT2D eigenvalue weighted by molar-refractivity contribution is 0.519. The highest BCUT2D eigenvalue weighted by Crippen LogP contribution is 2.44. The van der Waals surface area contributed by atoms with Gasteiger partial charge in [-0.25, -0.2) is 4.98 Å². The molecule has 4 aliphatic heterocycles. The molecule has 0 radical (unpaired) electrons. The molecule has 0 unspecified atom stereocenters. The number of para-hydroxylation sites is 1. The molecule has 0 bridgehead atoms. The molecule has 5 heterocycles. The molecule has 0 amide bonds. The van der Waals surface area contributed by atoms with E-state index < -0.39 is 0 Å². The first-order chi connectivity index (χ1) is 14.3. The summed E-state index contributed by atoms with van der Waals surface area (Å²) in [5.74, 6) is 2.26. The predicted octanol–water partition coefficient (Wildman–Crippen LogP) is 0.186. The second-order valence-corrected chi connectivity index (χ2v) is 9.40. The number of hydrogen-bond donors (Lipinski definition) is 0. The molecule has 0 spiro atoms. The third-order valence-electron chi connectivity index (χ3n) is 8.24. The van der Waals surface area contributed by atoms with Gasteiger partial charge in [0.1, 0.15) is 11.6 Å². The van der Waals surface area contributed by atoms with Gasteiger partial charge >= 0.3 is 21.2 Å². The average Bonchev–Trinajstić information content (AvgIpc) is 3.16. The third-order valence-corrected chi connectivity index (χ3v) is 8.24. The summed E-state index contributed by atoms with van der Waals surface area (Å²) < 4.78 is 15.3. The lowest BCUT2D eigenvalue weighted by Crippen LogP contribution is -2.91. The summed E-state index contributed by atoms with van der Waals surface area (Å²) in [4.78, 5) is 7.35. The SMILES string of the molecule is CB1N(C)B2B(C)N(C)c3cnc4n3B3N2B(N1C)N(C)B(C)N3c1ccccc1-4. The minimum atomic E-state index is 0.0819. The minimum Gasteiger partial charge on any atom is -0.415 e. The smallest absolute Gasteiger partial charge is 0.415 e. The van der Waals surface area contributed by atoms with E-state index in [0.717, 1.165) is 5.82 Å². The highest BCUT2D eigenvalue weighted by Gasteiger charge is 2.65. The third kappa shape index (κ3) is 2.06. The zero-order chi connectivity index (χ0) is 21.1. The summed E-state index contributed by atoms with van der Waals surface area (Å²) in [5, 5.41) is 0. The Bertz CT molecular complexity index is 1020. The van der Waals surface area contributed by atoms with Gasteiger partial charge in [0.15, 0.2) is 0 Å². The van der Waals surface area contributed by atoms with Gasteiger partial charge < -0.3 is 32.8 Å². The Hall–Kier alpha value is -1.74. The topological polar surface area (TPSA) is 37.3 Å². The van der Waals surface area contributed by atoms with Gasteiger partial charge in [-0.2, -0.15) is 0 Å². The van der Waals surface area contributed by atoms with Crippen LogP contribution in [0.25, 0.3) is 11.4 Å². The van der Waals surface area contributed by atoms with Gasteiger partial charge in [0, 0.05) is 11.3 Å². The first kappa shape index (κ1) is 19.0. The Labute approximate surface area is 181 Å². The average molecular weight is 395 g/mol. The quantitative estimate of drug-likeness (QED) is 0.590. The molecule has 8 nitrogen and oxygen atoms in total. The summed E-state index contributed by atoms with van der Waals surface area (Å²) in [6, 6.07) is 8.74. The molecule has 1 aromatic heterocycles. The molecule has 2 saturated heterocycles. The maximum absolute atomic E-state index is 4.93. The first-order valence-corrected chi connectivity index (χ1v) is 11.0. The zero-order valence-electron chi connectivity index (χ0n) is 18.9. The normalized spacial score (nSPS) is 22.1. The highest BCUT2D eigenvalue weighted by atomic mass is 15.5. The van der Waals surface area contributed by atoms with Gasteiger partial charge in [-0.15, -0.1) is 0 Å². The van der Waals surface area contributed by atoms with Crippen LogP contribution >= 0.6 is 0 Å². The molecule has 148 valence electrons. The molecule has 0 saturated carbocycles. The van der Waals surface area contributed by atoms with E-state index in [-0.39, 0.29) is 28.1 Å². The number of nitrogens with zero attached hydrogens (tertiary/aromatic N) is 8. The molecule has 0 atom stereocenters. The number of rotatable bonds is 0. The maximum atomic E-state index is 4.93. The highest BCUT2D eigenvalue weighted by molar-refractivity contribution is 7.28. The number of fused-ring (bicyclic) bond motifs is 3. The van der Waals surface area contributed by atoms with E-state index in [4.69, 9.17) is 4.98 Å². The van der Waals surface area contributed by atoms with Crippen LogP contribution in [0.15, 0.2) is 30.5 Å². The van der Waals surface area contributed by atoms with Crippen LogP contribution in [-0.2, 0) is 0 Å². The number of aromatic nitrogens is 2. The largest absolute Gasteiger partial charge is 0.445 e. The fourth-order valence-corrected chi connectivity index (χ4v) is 6.25. The van der Waals surface area contributed by atoms with E-state index in [1.807, 2.05) is 0 Å². The number of anilines is 2. The van der Waals surface area contributed by atoms with Crippen molar-refractivity contribution in [3.63, 3.8) is 0 Å². The van der Waals surface area contributed by atoms with E-state index >= 15 is 0 Å². The van der Waals surface area contributed by atoms with Crippen LogP contribution in [0.3, 0.4) is 0 Å². The molecule has 0 N–H and O–H groups in total. The van der Waals surface area contributed by atoms with E-state index in [9.17, 15) is 0 Å². The van der Waals surface area contributed by atoms with Crippen LogP contribution in [0.2, 0.25) is 20.5 Å².